The average Bonchev–Trinajstić information content (AvgIpc) is 2.83. The molecule has 0 aliphatic heterocycles. The number of ether oxygens (including phenoxy) is 1. The lowest BCUT2D eigenvalue weighted by Crippen LogP contribution is -2.33. The molecule has 0 bridgehead atoms. The molecule has 16 heavy (non-hydrogen) atoms. The van der Waals surface area contributed by atoms with Crippen molar-refractivity contribution < 1.29 is 9.53 Å². The van der Waals surface area contributed by atoms with Crippen LogP contribution in [0.15, 0.2) is 30.3 Å². The predicted octanol–water partition coefficient (Wildman–Crippen LogP) is 2.43. The molecule has 0 saturated heterocycles. The number of para-hydroxylation sites is 1. The zero-order chi connectivity index (χ0) is 11.4. The molecule has 85 valence electrons. The summed E-state index contributed by atoms with van der Waals surface area (Å²) >= 11 is 0. The molecular formula is C13H16NO2. The van der Waals surface area contributed by atoms with Crippen LogP contribution in [0.3, 0.4) is 0 Å². The number of carbonyl (C=O) groups is 1. The van der Waals surface area contributed by atoms with Gasteiger partial charge in [-0.3, -0.25) is 0 Å². The Morgan fingerprint density at radius 2 is 1.88 bits per heavy atom. The van der Waals surface area contributed by atoms with Crippen molar-refractivity contribution in [2.24, 2.45) is 5.92 Å². The maximum absolute atomic E-state index is 11.7. The van der Waals surface area contributed by atoms with E-state index in [2.05, 4.69) is 0 Å². The number of esters is 1. The van der Waals surface area contributed by atoms with Crippen molar-refractivity contribution >= 4 is 5.97 Å². The van der Waals surface area contributed by atoms with E-state index in [0.717, 1.165) is 25.7 Å². The summed E-state index contributed by atoms with van der Waals surface area (Å²) < 4.78 is 5.16. The minimum atomic E-state index is -0.720. The summed E-state index contributed by atoms with van der Waals surface area (Å²) in [6.45, 7) is 0. The maximum Gasteiger partial charge on any atom is 0.330 e. The second kappa shape index (κ2) is 5.12. The summed E-state index contributed by atoms with van der Waals surface area (Å²) in [6.07, 6.45) is 4.24. The van der Waals surface area contributed by atoms with Gasteiger partial charge in [-0.25, -0.2) is 10.5 Å². The van der Waals surface area contributed by atoms with E-state index in [4.69, 9.17) is 10.5 Å². The second-order valence-electron chi connectivity index (χ2n) is 4.26. The molecule has 1 aromatic carbocycles. The van der Waals surface area contributed by atoms with Crippen molar-refractivity contribution in [2.75, 3.05) is 0 Å². The Morgan fingerprint density at radius 1 is 1.25 bits per heavy atom. The van der Waals surface area contributed by atoms with Crippen LogP contribution < -0.4 is 10.5 Å². The number of benzene rings is 1. The Bertz CT molecular complexity index is 344. The predicted molar refractivity (Wildman–Crippen MR) is 60.9 cm³/mol. The normalized spacial score (nSPS) is 18.3. The van der Waals surface area contributed by atoms with Gasteiger partial charge in [0, 0.05) is 0 Å². The van der Waals surface area contributed by atoms with E-state index in [1.807, 2.05) is 18.2 Å². The van der Waals surface area contributed by atoms with Crippen LogP contribution in [0.4, 0.5) is 0 Å². The van der Waals surface area contributed by atoms with Crippen molar-refractivity contribution in [3.05, 3.63) is 30.3 Å². The van der Waals surface area contributed by atoms with Crippen LogP contribution in [0.5, 0.6) is 5.75 Å². The van der Waals surface area contributed by atoms with E-state index in [9.17, 15) is 4.79 Å². The molecule has 1 aliphatic rings. The Labute approximate surface area is 95.6 Å². The SMILES string of the molecule is [NH]C(C(=O)Oc1ccccc1)C1CCCC1. The second-order valence-corrected chi connectivity index (χ2v) is 4.26. The lowest BCUT2D eigenvalue weighted by molar-refractivity contribution is -0.137. The van der Waals surface area contributed by atoms with Gasteiger partial charge in [-0.05, 0) is 30.9 Å². The van der Waals surface area contributed by atoms with Crippen molar-refractivity contribution in [2.45, 2.75) is 31.7 Å². The van der Waals surface area contributed by atoms with Crippen LogP contribution in [0.1, 0.15) is 25.7 Å². The summed E-state index contributed by atoms with van der Waals surface area (Å²) in [5.41, 5.74) is 7.85. The first-order valence-corrected chi connectivity index (χ1v) is 5.75. The minimum absolute atomic E-state index is 0.191. The van der Waals surface area contributed by atoms with Crippen molar-refractivity contribution in [1.82, 2.24) is 5.73 Å². The lowest BCUT2D eigenvalue weighted by Gasteiger charge is -2.16. The molecule has 1 fully saturated rings. The molecule has 1 saturated carbocycles. The number of hydrogen-bond donors (Lipinski definition) is 0. The molecule has 0 amide bonds. The largest absolute Gasteiger partial charge is 0.425 e. The van der Waals surface area contributed by atoms with E-state index in [1.165, 1.54) is 0 Å². The molecule has 1 N–H and O–H groups in total. The molecule has 3 heteroatoms. The molecule has 0 heterocycles. The highest BCUT2D eigenvalue weighted by Gasteiger charge is 2.29. The van der Waals surface area contributed by atoms with Crippen LogP contribution in [0.25, 0.3) is 0 Å². The third-order valence-electron chi connectivity index (χ3n) is 3.09. The van der Waals surface area contributed by atoms with Crippen LogP contribution in [0, 0.1) is 5.92 Å². The molecule has 2 rings (SSSR count). The van der Waals surface area contributed by atoms with Crippen molar-refractivity contribution in [1.29, 1.82) is 0 Å². The lowest BCUT2D eigenvalue weighted by atomic mass is 9.99. The smallest absolute Gasteiger partial charge is 0.330 e. The number of nitrogens with one attached hydrogen (secondary N) is 1. The fourth-order valence-corrected chi connectivity index (χ4v) is 2.15. The highest BCUT2D eigenvalue weighted by molar-refractivity contribution is 5.78. The Hall–Kier alpha value is -1.35. The van der Waals surface area contributed by atoms with Crippen LogP contribution in [-0.2, 0) is 4.79 Å². The zero-order valence-electron chi connectivity index (χ0n) is 9.19. The van der Waals surface area contributed by atoms with Gasteiger partial charge in [0.2, 0.25) is 0 Å². The number of hydrogen-bond acceptors (Lipinski definition) is 2. The maximum atomic E-state index is 11.7. The third-order valence-corrected chi connectivity index (χ3v) is 3.09. The first-order chi connectivity index (χ1) is 7.77. The molecule has 1 radical (unpaired) electrons. The summed E-state index contributed by atoms with van der Waals surface area (Å²) in [5, 5.41) is 0. The summed E-state index contributed by atoms with van der Waals surface area (Å²) in [6, 6.07) is 8.25. The standard InChI is InChI=1S/C13H16NO2/c14-12(10-6-4-5-7-10)13(15)16-11-8-2-1-3-9-11/h1-3,8-10,12,14H,4-7H2. The van der Waals surface area contributed by atoms with Gasteiger partial charge in [-0.1, -0.05) is 31.0 Å². The molecule has 0 aromatic heterocycles. The molecule has 1 aromatic rings. The van der Waals surface area contributed by atoms with Gasteiger partial charge in [0.1, 0.15) is 11.8 Å². The van der Waals surface area contributed by atoms with E-state index in [1.54, 1.807) is 12.1 Å². The first kappa shape index (κ1) is 11.1. The van der Waals surface area contributed by atoms with Gasteiger partial charge < -0.3 is 4.74 Å². The van der Waals surface area contributed by atoms with Gasteiger partial charge >= 0.3 is 5.97 Å². The summed E-state index contributed by atoms with van der Waals surface area (Å²) in [4.78, 5) is 11.7. The van der Waals surface area contributed by atoms with E-state index in [0.29, 0.717) is 5.75 Å². The monoisotopic (exact) mass is 218 g/mol. The number of carbonyl (C=O) groups excluding carboxylic acids is 1. The molecular weight excluding hydrogens is 202 g/mol. The fourth-order valence-electron chi connectivity index (χ4n) is 2.15. The third kappa shape index (κ3) is 2.61. The van der Waals surface area contributed by atoms with Crippen molar-refractivity contribution in [3.63, 3.8) is 0 Å². The van der Waals surface area contributed by atoms with Gasteiger partial charge in [0.25, 0.3) is 0 Å². The van der Waals surface area contributed by atoms with Crippen LogP contribution >= 0.6 is 0 Å². The summed E-state index contributed by atoms with van der Waals surface area (Å²) in [5.74, 6) is 0.303. The molecule has 1 atom stereocenters. The van der Waals surface area contributed by atoms with Gasteiger partial charge in [-0.15, -0.1) is 0 Å². The minimum Gasteiger partial charge on any atom is -0.425 e. The van der Waals surface area contributed by atoms with Crippen molar-refractivity contribution in [3.8, 4) is 5.75 Å². The first-order valence-electron chi connectivity index (χ1n) is 5.75. The highest BCUT2D eigenvalue weighted by Crippen LogP contribution is 2.28. The van der Waals surface area contributed by atoms with Crippen LogP contribution in [0.2, 0.25) is 0 Å². The van der Waals surface area contributed by atoms with E-state index in [-0.39, 0.29) is 5.92 Å². The topological polar surface area (TPSA) is 50.1 Å². The Balaban J connectivity index is 1.92. The molecule has 1 unspecified atom stereocenters. The van der Waals surface area contributed by atoms with Gasteiger partial charge in [-0.2, -0.15) is 0 Å². The molecule has 3 nitrogen and oxygen atoms in total. The average molecular weight is 218 g/mol. The quantitative estimate of drug-likeness (QED) is 0.578. The molecule has 1 aliphatic carbocycles. The van der Waals surface area contributed by atoms with Gasteiger partial charge in [0.15, 0.2) is 0 Å². The zero-order valence-corrected chi connectivity index (χ0v) is 9.19. The van der Waals surface area contributed by atoms with Gasteiger partial charge in [0.05, 0.1) is 0 Å². The Morgan fingerprint density at radius 3 is 2.50 bits per heavy atom. The van der Waals surface area contributed by atoms with Crippen LogP contribution in [-0.4, -0.2) is 12.0 Å². The summed E-state index contributed by atoms with van der Waals surface area (Å²) in [7, 11) is 0. The molecule has 0 spiro atoms. The fraction of sp³-hybridized carbons (Fsp3) is 0.462. The van der Waals surface area contributed by atoms with E-state index < -0.39 is 12.0 Å². The highest BCUT2D eigenvalue weighted by atomic mass is 16.5. The van der Waals surface area contributed by atoms with E-state index >= 15 is 0 Å². The Kier molecular flexibility index (Phi) is 3.57. The number of rotatable bonds is 3.